The molecule has 0 fully saturated rings. The largest absolute Gasteiger partial charge is 0.352 e. The first-order valence-corrected chi connectivity index (χ1v) is 8.08. The van der Waals surface area contributed by atoms with Crippen molar-refractivity contribution in [3.05, 3.63) is 65.5 Å². The molecular weight excluding hydrogens is 298 g/mol. The van der Waals surface area contributed by atoms with E-state index in [9.17, 15) is 0 Å². The second-order valence-electron chi connectivity index (χ2n) is 5.78. The van der Waals surface area contributed by atoms with E-state index in [1.54, 1.807) is 7.05 Å². The van der Waals surface area contributed by atoms with E-state index < -0.39 is 0 Å². The molecule has 0 amide bonds. The first kappa shape index (κ1) is 16.1. The van der Waals surface area contributed by atoms with Crippen molar-refractivity contribution >= 4 is 17.0 Å². The third-order valence-corrected chi connectivity index (χ3v) is 4.22. The minimum absolute atomic E-state index is 0.624. The molecule has 0 aliphatic heterocycles. The maximum absolute atomic E-state index is 4.67. The van der Waals surface area contributed by atoms with Crippen molar-refractivity contribution in [1.29, 1.82) is 0 Å². The number of benzene rings is 2. The van der Waals surface area contributed by atoms with Crippen molar-refractivity contribution < 1.29 is 0 Å². The summed E-state index contributed by atoms with van der Waals surface area (Å²) in [5, 5.41) is 6.68. The summed E-state index contributed by atoms with van der Waals surface area (Å²) in [6, 6.07) is 16.5. The van der Waals surface area contributed by atoms with Gasteiger partial charge in [-0.15, -0.1) is 0 Å². The van der Waals surface area contributed by atoms with Crippen molar-refractivity contribution in [2.75, 3.05) is 7.05 Å². The molecule has 2 N–H and O–H groups in total. The van der Waals surface area contributed by atoms with Gasteiger partial charge >= 0.3 is 0 Å². The van der Waals surface area contributed by atoms with Crippen LogP contribution in [0.3, 0.4) is 0 Å². The highest BCUT2D eigenvalue weighted by atomic mass is 15.2. The number of nitrogens with one attached hydrogen (secondary N) is 2. The van der Waals surface area contributed by atoms with Gasteiger partial charge in [0, 0.05) is 20.6 Å². The van der Waals surface area contributed by atoms with Gasteiger partial charge in [0.1, 0.15) is 5.82 Å². The number of imidazole rings is 1. The van der Waals surface area contributed by atoms with E-state index in [4.69, 9.17) is 0 Å². The Labute approximate surface area is 142 Å². The number of hydrogen-bond donors (Lipinski definition) is 2. The predicted octanol–water partition coefficient (Wildman–Crippen LogP) is 2.75. The summed E-state index contributed by atoms with van der Waals surface area (Å²) in [7, 11) is 3.82. The van der Waals surface area contributed by atoms with Gasteiger partial charge in [0.05, 0.1) is 17.6 Å². The Morgan fingerprint density at radius 3 is 2.50 bits per heavy atom. The lowest BCUT2D eigenvalue weighted by Gasteiger charge is -2.13. The first-order chi connectivity index (χ1) is 11.7. The fourth-order valence-electron chi connectivity index (χ4n) is 2.72. The molecule has 5 nitrogen and oxygen atoms in total. The number of rotatable bonds is 4. The standard InChI is InChI=1S/C19H23N5/c1-14-8-4-5-9-15(14)12-21-19(20-2)22-13-18-23-16-10-6-7-11-17(16)24(18)3/h4-11H,12-13H2,1-3H3,(H2,20,21,22). The summed E-state index contributed by atoms with van der Waals surface area (Å²) in [5.41, 5.74) is 4.69. The van der Waals surface area contributed by atoms with Crippen LogP contribution in [0.5, 0.6) is 0 Å². The van der Waals surface area contributed by atoms with E-state index in [0.717, 1.165) is 29.4 Å². The zero-order valence-corrected chi connectivity index (χ0v) is 14.4. The molecule has 1 heterocycles. The van der Waals surface area contributed by atoms with Gasteiger partial charge in [0.25, 0.3) is 0 Å². The van der Waals surface area contributed by atoms with Gasteiger partial charge in [-0.1, -0.05) is 36.4 Å². The molecule has 0 spiro atoms. The van der Waals surface area contributed by atoms with E-state index in [-0.39, 0.29) is 0 Å². The Morgan fingerprint density at radius 1 is 1.04 bits per heavy atom. The van der Waals surface area contributed by atoms with Gasteiger partial charge < -0.3 is 15.2 Å². The molecular formula is C19H23N5. The molecule has 124 valence electrons. The van der Waals surface area contributed by atoms with Gasteiger partial charge in [-0.3, -0.25) is 4.99 Å². The van der Waals surface area contributed by atoms with E-state index >= 15 is 0 Å². The lowest BCUT2D eigenvalue weighted by atomic mass is 10.1. The lowest BCUT2D eigenvalue weighted by Crippen LogP contribution is -2.37. The molecule has 3 aromatic rings. The van der Waals surface area contributed by atoms with Crippen LogP contribution in [0, 0.1) is 6.92 Å². The Kier molecular flexibility index (Phi) is 4.79. The molecule has 0 saturated heterocycles. The number of aryl methyl sites for hydroxylation is 2. The number of hydrogen-bond acceptors (Lipinski definition) is 2. The molecule has 3 rings (SSSR count). The van der Waals surface area contributed by atoms with Crippen molar-refractivity contribution in [1.82, 2.24) is 20.2 Å². The SMILES string of the molecule is CN=C(NCc1ccccc1C)NCc1nc2ccccc2n1C. The molecule has 0 unspecified atom stereocenters. The van der Waals surface area contributed by atoms with Gasteiger partial charge in [-0.05, 0) is 30.2 Å². The summed E-state index contributed by atoms with van der Waals surface area (Å²) in [4.78, 5) is 8.96. The Balaban J connectivity index is 1.63. The summed E-state index contributed by atoms with van der Waals surface area (Å²) >= 11 is 0. The van der Waals surface area contributed by atoms with E-state index in [1.807, 2.05) is 25.2 Å². The maximum atomic E-state index is 4.67. The fraction of sp³-hybridized carbons (Fsp3) is 0.263. The van der Waals surface area contributed by atoms with Crippen LogP contribution in [0.15, 0.2) is 53.5 Å². The Bertz CT molecular complexity index is 863. The molecule has 0 radical (unpaired) electrons. The van der Waals surface area contributed by atoms with Crippen molar-refractivity contribution in [2.24, 2.45) is 12.0 Å². The third-order valence-electron chi connectivity index (χ3n) is 4.22. The highest BCUT2D eigenvalue weighted by molar-refractivity contribution is 5.80. The van der Waals surface area contributed by atoms with Crippen LogP contribution in [0.2, 0.25) is 0 Å². The number of aliphatic imine (C=N–C) groups is 1. The second kappa shape index (κ2) is 7.17. The average Bonchev–Trinajstić information content (AvgIpc) is 2.93. The van der Waals surface area contributed by atoms with Gasteiger partial charge in [-0.2, -0.15) is 0 Å². The number of nitrogens with zero attached hydrogens (tertiary/aromatic N) is 3. The summed E-state index contributed by atoms with van der Waals surface area (Å²) < 4.78 is 2.11. The van der Waals surface area contributed by atoms with Crippen LogP contribution in [0.25, 0.3) is 11.0 Å². The summed E-state index contributed by atoms with van der Waals surface area (Å²) in [6.07, 6.45) is 0. The molecule has 2 aromatic carbocycles. The van der Waals surface area contributed by atoms with Crippen LogP contribution in [-0.4, -0.2) is 22.6 Å². The highest BCUT2D eigenvalue weighted by Gasteiger charge is 2.07. The summed E-state index contributed by atoms with van der Waals surface area (Å²) in [5.74, 6) is 1.75. The molecule has 0 aliphatic rings. The summed E-state index contributed by atoms with van der Waals surface area (Å²) in [6.45, 7) is 3.49. The molecule has 24 heavy (non-hydrogen) atoms. The number of aromatic nitrogens is 2. The highest BCUT2D eigenvalue weighted by Crippen LogP contribution is 2.13. The minimum Gasteiger partial charge on any atom is -0.352 e. The van der Waals surface area contributed by atoms with Crippen molar-refractivity contribution in [3.8, 4) is 0 Å². The number of guanidine groups is 1. The Hall–Kier alpha value is -2.82. The van der Waals surface area contributed by atoms with Crippen molar-refractivity contribution in [2.45, 2.75) is 20.0 Å². The minimum atomic E-state index is 0.624. The zero-order chi connectivity index (χ0) is 16.9. The van der Waals surface area contributed by atoms with E-state index in [0.29, 0.717) is 6.54 Å². The van der Waals surface area contributed by atoms with Crippen LogP contribution >= 0.6 is 0 Å². The number of para-hydroxylation sites is 2. The maximum Gasteiger partial charge on any atom is 0.191 e. The van der Waals surface area contributed by atoms with E-state index in [2.05, 4.69) is 62.4 Å². The smallest absolute Gasteiger partial charge is 0.191 e. The average molecular weight is 321 g/mol. The van der Waals surface area contributed by atoms with E-state index in [1.165, 1.54) is 11.1 Å². The Morgan fingerprint density at radius 2 is 1.75 bits per heavy atom. The quantitative estimate of drug-likeness (QED) is 0.574. The normalized spacial score (nSPS) is 11.7. The van der Waals surface area contributed by atoms with Gasteiger partial charge in [0.15, 0.2) is 5.96 Å². The molecule has 5 heteroatoms. The van der Waals surface area contributed by atoms with Crippen molar-refractivity contribution in [3.63, 3.8) is 0 Å². The van der Waals surface area contributed by atoms with Crippen LogP contribution in [-0.2, 0) is 20.1 Å². The second-order valence-corrected chi connectivity index (χ2v) is 5.78. The number of fused-ring (bicyclic) bond motifs is 1. The molecule has 1 aromatic heterocycles. The van der Waals surface area contributed by atoms with Crippen LogP contribution in [0.4, 0.5) is 0 Å². The first-order valence-electron chi connectivity index (χ1n) is 8.08. The molecule has 0 bridgehead atoms. The van der Waals surface area contributed by atoms with Gasteiger partial charge in [-0.25, -0.2) is 4.98 Å². The molecule has 0 atom stereocenters. The lowest BCUT2D eigenvalue weighted by molar-refractivity contribution is 0.736. The zero-order valence-electron chi connectivity index (χ0n) is 14.4. The molecule has 0 saturated carbocycles. The fourth-order valence-corrected chi connectivity index (χ4v) is 2.72. The van der Waals surface area contributed by atoms with Gasteiger partial charge in [0.2, 0.25) is 0 Å². The molecule has 0 aliphatic carbocycles. The van der Waals surface area contributed by atoms with Crippen LogP contribution in [0.1, 0.15) is 17.0 Å². The monoisotopic (exact) mass is 321 g/mol. The predicted molar refractivity (Wildman–Crippen MR) is 98.9 cm³/mol. The topological polar surface area (TPSA) is 54.2 Å². The third kappa shape index (κ3) is 3.40. The van der Waals surface area contributed by atoms with Crippen LogP contribution < -0.4 is 10.6 Å².